The van der Waals surface area contributed by atoms with Gasteiger partial charge in [-0.05, 0) is 59.0 Å². The first-order chi connectivity index (χ1) is 22.7. The number of fused-ring (bicyclic) bond motifs is 6. The molecule has 8 aromatic rings. The Balaban J connectivity index is 1.21. The lowest BCUT2D eigenvalue weighted by Crippen LogP contribution is -2.18. The fourth-order valence-electron chi connectivity index (χ4n) is 6.97. The number of furan rings is 1. The van der Waals surface area contributed by atoms with E-state index in [-0.39, 0.29) is 6.17 Å². The molecule has 0 spiro atoms. The van der Waals surface area contributed by atoms with Gasteiger partial charge in [-0.1, -0.05) is 115 Å². The lowest BCUT2D eigenvalue weighted by atomic mass is 9.91. The van der Waals surface area contributed by atoms with Crippen molar-refractivity contribution in [2.75, 3.05) is 0 Å². The highest BCUT2D eigenvalue weighted by atomic mass is 32.1. The summed E-state index contributed by atoms with van der Waals surface area (Å²) < 4.78 is 8.90. The van der Waals surface area contributed by atoms with Crippen molar-refractivity contribution in [2.24, 2.45) is 4.99 Å². The summed E-state index contributed by atoms with van der Waals surface area (Å²) in [6, 6.07) is 49.5. The van der Waals surface area contributed by atoms with Gasteiger partial charge in [0, 0.05) is 54.3 Å². The predicted molar refractivity (Wildman–Crippen MR) is 195 cm³/mol. The molecule has 1 aliphatic heterocycles. The van der Waals surface area contributed by atoms with Gasteiger partial charge >= 0.3 is 0 Å². The van der Waals surface area contributed by atoms with Crippen LogP contribution in [0, 0.1) is 0 Å². The van der Waals surface area contributed by atoms with Crippen molar-refractivity contribution in [1.29, 1.82) is 0 Å². The molecule has 0 amide bonds. The molecule has 1 aliphatic rings. The summed E-state index contributed by atoms with van der Waals surface area (Å²) in [7, 11) is 0. The zero-order valence-corrected chi connectivity index (χ0v) is 26.1. The summed E-state index contributed by atoms with van der Waals surface area (Å²) >= 11 is 1.86. The third-order valence-electron chi connectivity index (χ3n) is 9.14. The molecule has 3 heterocycles. The molecule has 1 N–H and O–H groups in total. The second-order valence-electron chi connectivity index (χ2n) is 12.0. The number of para-hydroxylation sites is 1. The Hall–Kier alpha value is -5.45. The summed E-state index contributed by atoms with van der Waals surface area (Å²) in [5.74, 6) is 0. The minimum Gasteiger partial charge on any atom is -0.456 e. The van der Waals surface area contributed by atoms with Crippen LogP contribution in [0.3, 0.4) is 0 Å². The number of nitrogens with one attached hydrogen (secondary N) is 1. The minimum absolute atomic E-state index is 0.236. The van der Waals surface area contributed by atoms with Crippen LogP contribution in [-0.4, -0.2) is 5.71 Å². The molecule has 0 radical (unpaired) electrons. The number of hydrogen-bond acceptors (Lipinski definition) is 4. The van der Waals surface area contributed by atoms with Crippen molar-refractivity contribution in [3.63, 3.8) is 0 Å². The number of thiophene rings is 1. The monoisotopic (exact) mass is 610 g/mol. The van der Waals surface area contributed by atoms with Crippen molar-refractivity contribution in [1.82, 2.24) is 5.32 Å². The SMILES string of the molecule is CC1=C(c2ccc3c(c2)sc2ccccc23)NC(c2ccccc2)N=C(c2ccccc2-c2cccc3oc4ccccc4c23)C1. The lowest BCUT2D eigenvalue weighted by molar-refractivity contribution is 0.669. The smallest absolute Gasteiger partial charge is 0.145 e. The maximum atomic E-state index is 6.28. The Morgan fingerprint density at radius 3 is 2.22 bits per heavy atom. The topological polar surface area (TPSA) is 37.5 Å². The molecule has 4 heteroatoms. The van der Waals surface area contributed by atoms with E-state index in [4.69, 9.17) is 9.41 Å². The number of allylic oxidation sites excluding steroid dienone is 1. The van der Waals surface area contributed by atoms with Crippen LogP contribution >= 0.6 is 11.3 Å². The molecule has 3 nitrogen and oxygen atoms in total. The van der Waals surface area contributed by atoms with E-state index in [0.29, 0.717) is 0 Å². The first-order valence-electron chi connectivity index (χ1n) is 15.7. The third-order valence-corrected chi connectivity index (χ3v) is 10.3. The summed E-state index contributed by atoms with van der Waals surface area (Å²) in [5.41, 5.74) is 11.1. The summed E-state index contributed by atoms with van der Waals surface area (Å²) in [6.07, 6.45) is 0.496. The second kappa shape index (κ2) is 10.9. The van der Waals surface area contributed by atoms with E-state index >= 15 is 0 Å². The van der Waals surface area contributed by atoms with E-state index in [1.54, 1.807) is 0 Å². The third kappa shape index (κ3) is 4.45. The number of benzene rings is 6. The average molecular weight is 611 g/mol. The molecule has 6 aromatic carbocycles. The number of hydrogen-bond donors (Lipinski definition) is 1. The van der Waals surface area contributed by atoms with E-state index in [1.807, 2.05) is 23.5 Å². The van der Waals surface area contributed by atoms with Crippen molar-refractivity contribution in [2.45, 2.75) is 19.5 Å². The van der Waals surface area contributed by atoms with Crippen molar-refractivity contribution in [3.05, 3.63) is 162 Å². The molecule has 0 fully saturated rings. The first-order valence-corrected chi connectivity index (χ1v) is 16.5. The van der Waals surface area contributed by atoms with E-state index in [9.17, 15) is 0 Å². The molecule has 9 rings (SSSR count). The minimum atomic E-state index is -0.236. The van der Waals surface area contributed by atoms with Gasteiger partial charge in [-0.15, -0.1) is 11.3 Å². The van der Waals surface area contributed by atoms with E-state index in [0.717, 1.165) is 62.0 Å². The highest BCUT2D eigenvalue weighted by Crippen LogP contribution is 2.40. The summed E-state index contributed by atoms with van der Waals surface area (Å²) in [4.78, 5) is 5.50. The fraction of sp³-hybridized carbons (Fsp3) is 0.0714. The lowest BCUT2D eigenvalue weighted by Gasteiger charge is -2.19. The molecule has 0 bridgehead atoms. The van der Waals surface area contributed by atoms with Crippen LogP contribution in [0.25, 0.3) is 58.9 Å². The van der Waals surface area contributed by atoms with Crippen LogP contribution in [0.5, 0.6) is 0 Å². The number of nitrogens with zero attached hydrogens (tertiary/aromatic N) is 1. The van der Waals surface area contributed by atoms with E-state index in [1.165, 1.54) is 31.3 Å². The zero-order chi connectivity index (χ0) is 30.6. The highest BCUT2D eigenvalue weighted by Gasteiger charge is 2.24. The molecule has 1 unspecified atom stereocenters. The predicted octanol–water partition coefficient (Wildman–Crippen LogP) is 11.5. The van der Waals surface area contributed by atoms with E-state index in [2.05, 4.69) is 140 Å². The molecule has 1 atom stereocenters. The standard InChI is InChI=1S/C42H30N2OS/c1-26-24-35(30-15-6-5-14-29(30)33-18-11-20-37-40(33)34-17-7-9-19-36(34)45-37)43-42(27-12-3-2-4-13-27)44-41(26)28-22-23-32-31-16-8-10-21-38(31)46-39(32)25-28/h2-23,25,42,44H,24H2,1H3. The van der Waals surface area contributed by atoms with Crippen LogP contribution in [-0.2, 0) is 0 Å². The Labute approximate surface area is 271 Å². The Morgan fingerprint density at radius 1 is 0.630 bits per heavy atom. The van der Waals surface area contributed by atoms with Crippen LogP contribution in [0.2, 0.25) is 0 Å². The van der Waals surface area contributed by atoms with Crippen molar-refractivity contribution in [3.8, 4) is 11.1 Å². The van der Waals surface area contributed by atoms with E-state index < -0.39 is 0 Å². The van der Waals surface area contributed by atoms with Crippen LogP contribution in [0.15, 0.2) is 155 Å². The van der Waals surface area contributed by atoms with Crippen LogP contribution in [0.1, 0.15) is 36.2 Å². The average Bonchev–Trinajstić information content (AvgIpc) is 3.62. The van der Waals surface area contributed by atoms with Crippen molar-refractivity contribution < 1.29 is 4.42 Å². The Kier molecular flexibility index (Phi) is 6.36. The number of rotatable bonds is 4. The molecule has 0 aliphatic carbocycles. The van der Waals surface area contributed by atoms with Gasteiger partial charge in [-0.25, -0.2) is 0 Å². The molecule has 46 heavy (non-hydrogen) atoms. The molecular weight excluding hydrogens is 581 g/mol. The second-order valence-corrected chi connectivity index (χ2v) is 13.1. The molecular formula is C42H30N2OS. The normalized spacial score (nSPS) is 15.4. The summed E-state index contributed by atoms with van der Waals surface area (Å²) in [6.45, 7) is 2.24. The largest absolute Gasteiger partial charge is 0.456 e. The Morgan fingerprint density at radius 2 is 1.33 bits per heavy atom. The van der Waals surface area contributed by atoms with Gasteiger partial charge in [0.1, 0.15) is 17.3 Å². The quantitative estimate of drug-likeness (QED) is 0.215. The van der Waals surface area contributed by atoms with Gasteiger partial charge in [0.2, 0.25) is 0 Å². The van der Waals surface area contributed by atoms with Gasteiger partial charge in [0.05, 0.1) is 0 Å². The van der Waals surface area contributed by atoms with Gasteiger partial charge in [-0.3, -0.25) is 4.99 Å². The maximum Gasteiger partial charge on any atom is 0.145 e. The van der Waals surface area contributed by atoms with Crippen LogP contribution in [0.4, 0.5) is 0 Å². The molecule has 0 saturated carbocycles. The maximum absolute atomic E-state index is 6.28. The van der Waals surface area contributed by atoms with Gasteiger partial charge < -0.3 is 9.73 Å². The molecule has 220 valence electrons. The Bertz CT molecular complexity index is 2500. The molecule has 2 aromatic heterocycles. The highest BCUT2D eigenvalue weighted by molar-refractivity contribution is 7.25. The van der Waals surface area contributed by atoms with Gasteiger partial charge in [-0.2, -0.15) is 0 Å². The van der Waals surface area contributed by atoms with Crippen molar-refractivity contribution >= 4 is 64.9 Å². The summed E-state index contributed by atoms with van der Waals surface area (Å²) in [5, 5.41) is 8.78. The van der Waals surface area contributed by atoms with Gasteiger partial charge in [0.25, 0.3) is 0 Å². The number of aliphatic imine (C=N–C) groups is 1. The van der Waals surface area contributed by atoms with Gasteiger partial charge in [0.15, 0.2) is 0 Å². The zero-order valence-electron chi connectivity index (χ0n) is 25.3. The first kappa shape index (κ1) is 26.9. The van der Waals surface area contributed by atoms with Crippen LogP contribution < -0.4 is 5.32 Å². The molecule has 0 saturated heterocycles. The fourth-order valence-corrected chi connectivity index (χ4v) is 8.12.